The molecule has 0 aliphatic carbocycles. The van der Waals surface area contributed by atoms with Gasteiger partial charge in [-0.25, -0.2) is 4.98 Å². The molecule has 0 amide bonds. The Balaban J connectivity index is 2.48. The fraction of sp³-hybridized carbons (Fsp3) is 0.727. The van der Waals surface area contributed by atoms with Crippen molar-refractivity contribution in [3.63, 3.8) is 0 Å². The van der Waals surface area contributed by atoms with Gasteiger partial charge in [0.1, 0.15) is 0 Å². The van der Waals surface area contributed by atoms with Gasteiger partial charge in [-0.15, -0.1) is 0 Å². The van der Waals surface area contributed by atoms with Crippen molar-refractivity contribution in [2.75, 3.05) is 23.4 Å². The smallest absolute Gasteiger partial charge is 0.203 e. The summed E-state index contributed by atoms with van der Waals surface area (Å²) in [6.45, 7) is 7.47. The third-order valence-electron chi connectivity index (χ3n) is 2.36. The molecule has 0 spiro atoms. The van der Waals surface area contributed by atoms with E-state index in [2.05, 4.69) is 41.8 Å². The summed E-state index contributed by atoms with van der Waals surface area (Å²) in [6.07, 6.45) is 5.12. The van der Waals surface area contributed by atoms with Crippen molar-refractivity contribution in [2.45, 2.75) is 33.2 Å². The second-order valence-electron chi connectivity index (χ2n) is 3.52. The quantitative estimate of drug-likeness (QED) is 0.726. The first-order valence-electron chi connectivity index (χ1n) is 5.64. The van der Waals surface area contributed by atoms with Crippen LogP contribution >= 0.6 is 11.8 Å². The molecule has 1 rings (SSSR count). The first-order valence-corrected chi connectivity index (χ1v) is 6.79. The molecule has 0 aliphatic heterocycles. The van der Waals surface area contributed by atoms with Crippen molar-refractivity contribution in [3.8, 4) is 0 Å². The summed E-state index contributed by atoms with van der Waals surface area (Å²) in [5.74, 6) is 3.42. The van der Waals surface area contributed by atoms with Crippen molar-refractivity contribution in [1.29, 1.82) is 0 Å². The zero-order chi connectivity index (χ0) is 11.1. The Labute approximate surface area is 96.7 Å². The Kier molecular flexibility index (Phi) is 5.61. The predicted octanol–water partition coefficient (Wildman–Crippen LogP) is 3.02. The summed E-state index contributed by atoms with van der Waals surface area (Å²) < 4.78 is 2.22. The van der Waals surface area contributed by atoms with E-state index in [4.69, 9.17) is 0 Å². The van der Waals surface area contributed by atoms with Crippen molar-refractivity contribution in [3.05, 3.63) is 12.4 Å². The molecule has 86 valence electrons. The molecule has 0 saturated heterocycles. The highest BCUT2D eigenvalue weighted by Crippen LogP contribution is 2.18. The van der Waals surface area contributed by atoms with Gasteiger partial charge in [-0.05, 0) is 31.8 Å². The van der Waals surface area contributed by atoms with Crippen LogP contribution in [0.5, 0.6) is 0 Å². The predicted molar refractivity (Wildman–Crippen MR) is 68.7 cm³/mol. The van der Waals surface area contributed by atoms with E-state index in [1.54, 1.807) is 0 Å². The van der Waals surface area contributed by atoms with Crippen LogP contribution in [0.2, 0.25) is 0 Å². The lowest BCUT2D eigenvalue weighted by molar-refractivity contribution is 0.539. The molecule has 1 atom stereocenters. The summed E-state index contributed by atoms with van der Waals surface area (Å²) in [4.78, 5) is 4.30. The molecule has 0 saturated carbocycles. The summed E-state index contributed by atoms with van der Waals surface area (Å²) in [6, 6.07) is 0.528. The second-order valence-corrected chi connectivity index (χ2v) is 4.92. The number of rotatable bonds is 7. The first-order chi connectivity index (χ1) is 7.29. The van der Waals surface area contributed by atoms with Crippen LogP contribution in [0.1, 0.15) is 33.2 Å². The van der Waals surface area contributed by atoms with Crippen molar-refractivity contribution in [2.24, 2.45) is 0 Å². The zero-order valence-electron chi connectivity index (χ0n) is 9.86. The van der Waals surface area contributed by atoms with Crippen LogP contribution in [0.25, 0.3) is 0 Å². The molecule has 15 heavy (non-hydrogen) atoms. The number of nitrogens with zero attached hydrogens (tertiary/aromatic N) is 2. The van der Waals surface area contributed by atoms with Gasteiger partial charge >= 0.3 is 0 Å². The number of nitrogens with one attached hydrogen (secondary N) is 1. The molecular weight excluding hydrogens is 206 g/mol. The SMILES string of the molecule is CCNc1nccn1C(C)CCSCC. The van der Waals surface area contributed by atoms with Crippen LogP contribution in [-0.4, -0.2) is 27.6 Å². The molecule has 3 nitrogen and oxygen atoms in total. The Bertz CT molecular complexity index is 273. The third kappa shape index (κ3) is 3.78. The number of thioether (sulfide) groups is 1. The number of imidazole rings is 1. The van der Waals surface area contributed by atoms with E-state index in [0.717, 1.165) is 12.5 Å². The highest BCUT2D eigenvalue weighted by Gasteiger charge is 2.08. The van der Waals surface area contributed by atoms with Crippen LogP contribution in [-0.2, 0) is 0 Å². The van der Waals surface area contributed by atoms with E-state index in [1.165, 1.54) is 17.9 Å². The summed E-state index contributed by atoms with van der Waals surface area (Å²) in [7, 11) is 0. The van der Waals surface area contributed by atoms with Crippen LogP contribution in [0.3, 0.4) is 0 Å². The number of anilines is 1. The fourth-order valence-electron chi connectivity index (χ4n) is 1.50. The molecule has 1 aromatic heterocycles. The number of hydrogen-bond acceptors (Lipinski definition) is 3. The van der Waals surface area contributed by atoms with Gasteiger partial charge in [0.05, 0.1) is 0 Å². The topological polar surface area (TPSA) is 29.9 Å². The molecule has 4 heteroatoms. The second kappa shape index (κ2) is 6.77. The van der Waals surface area contributed by atoms with Gasteiger partial charge in [0.15, 0.2) is 0 Å². The van der Waals surface area contributed by atoms with Crippen molar-refractivity contribution in [1.82, 2.24) is 9.55 Å². The summed E-state index contributed by atoms with van der Waals surface area (Å²) in [5.41, 5.74) is 0. The van der Waals surface area contributed by atoms with Gasteiger partial charge in [-0.3, -0.25) is 0 Å². The fourth-order valence-corrected chi connectivity index (χ4v) is 2.30. The van der Waals surface area contributed by atoms with E-state index in [0.29, 0.717) is 6.04 Å². The van der Waals surface area contributed by atoms with Crippen LogP contribution in [0, 0.1) is 0 Å². The zero-order valence-corrected chi connectivity index (χ0v) is 10.7. The molecule has 0 bridgehead atoms. The van der Waals surface area contributed by atoms with E-state index in [9.17, 15) is 0 Å². The normalized spacial score (nSPS) is 12.7. The average Bonchev–Trinajstić information content (AvgIpc) is 2.67. The third-order valence-corrected chi connectivity index (χ3v) is 3.30. The Hall–Kier alpha value is -0.640. The molecule has 1 N–H and O–H groups in total. The lowest BCUT2D eigenvalue weighted by Gasteiger charge is -2.16. The minimum atomic E-state index is 0.528. The lowest BCUT2D eigenvalue weighted by Crippen LogP contribution is -2.11. The van der Waals surface area contributed by atoms with Gasteiger partial charge in [-0.1, -0.05) is 6.92 Å². The molecule has 0 radical (unpaired) electrons. The van der Waals surface area contributed by atoms with E-state index in [-0.39, 0.29) is 0 Å². The maximum absolute atomic E-state index is 4.30. The Morgan fingerprint density at radius 1 is 1.53 bits per heavy atom. The molecule has 0 aromatic carbocycles. The highest BCUT2D eigenvalue weighted by molar-refractivity contribution is 7.99. The van der Waals surface area contributed by atoms with Crippen molar-refractivity contribution < 1.29 is 0 Å². The molecular formula is C11H21N3S. The minimum Gasteiger partial charge on any atom is -0.356 e. The van der Waals surface area contributed by atoms with Crippen LogP contribution in [0.4, 0.5) is 5.95 Å². The first kappa shape index (κ1) is 12.4. The minimum absolute atomic E-state index is 0.528. The van der Waals surface area contributed by atoms with Gasteiger partial charge in [-0.2, -0.15) is 11.8 Å². The monoisotopic (exact) mass is 227 g/mol. The molecule has 0 aliphatic rings. The van der Waals surface area contributed by atoms with E-state index in [1.807, 2.05) is 18.0 Å². The summed E-state index contributed by atoms with van der Waals surface area (Å²) in [5, 5.41) is 3.27. The van der Waals surface area contributed by atoms with E-state index < -0.39 is 0 Å². The van der Waals surface area contributed by atoms with Gasteiger partial charge < -0.3 is 9.88 Å². The Morgan fingerprint density at radius 2 is 2.33 bits per heavy atom. The maximum atomic E-state index is 4.30. The van der Waals surface area contributed by atoms with Gasteiger partial charge in [0.2, 0.25) is 5.95 Å². The number of aromatic nitrogens is 2. The molecule has 1 unspecified atom stereocenters. The van der Waals surface area contributed by atoms with Crippen LogP contribution < -0.4 is 5.32 Å². The van der Waals surface area contributed by atoms with Gasteiger partial charge in [0.25, 0.3) is 0 Å². The molecule has 1 heterocycles. The average molecular weight is 227 g/mol. The lowest BCUT2D eigenvalue weighted by atomic mass is 10.2. The molecule has 0 fully saturated rings. The maximum Gasteiger partial charge on any atom is 0.203 e. The highest BCUT2D eigenvalue weighted by atomic mass is 32.2. The van der Waals surface area contributed by atoms with Crippen molar-refractivity contribution >= 4 is 17.7 Å². The summed E-state index contributed by atoms with van der Waals surface area (Å²) >= 11 is 2.00. The largest absolute Gasteiger partial charge is 0.356 e. The van der Waals surface area contributed by atoms with Gasteiger partial charge in [0, 0.05) is 25.0 Å². The van der Waals surface area contributed by atoms with Crippen LogP contribution in [0.15, 0.2) is 12.4 Å². The molecule has 1 aromatic rings. The van der Waals surface area contributed by atoms with E-state index >= 15 is 0 Å². The Morgan fingerprint density at radius 3 is 3.00 bits per heavy atom. The standard InChI is InChI=1S/C11H21N3S/c1-4-12-11-13-7-8-14(11)10(3)6-9-15-5-2/h7-8,10H,4-6,9H2,1-3H3,(H,12,13). The number of hydrogen-bond donors (Lipinski definition) is 1.